The molecule has 1 fully saturated rings. The summed E-state index contributed by atoms with van der Waals surface area (Å²) in [7, 11) is 0. The van der Waals surface area contributed by atoms with Crippen molar-refractivity contribution in [3.63, 3.8) is 0 Å². The Labute approximate surface area is 152 Å². The molecule has 0 unspecified atom stereocenters. The summed E-state index contributed by atoms with van der Waals surface area (Å²) in [6.07, 6.45) is 1.38. The summed E-state index contributed by atoms with van der Waals surface area (Å²) in [5.74, 6) is 1.45. The third kappa shape index (κ3) is 3.27. The smallest absolute Gasteiger partial charge is 0.256 e. The summed E-state index contributed by atoms with van der Waals surface area (Å²) in [4.78, 5) is 4.51. The zero-order valence-electron chi connectivity index (χ0n) is 15.1. The molecule has 0 amide bonds. The molecule has 0 radical (unpaired) electrons. The summed E-state index contributed by atoms with van der Waals surface area (Å²) in [5, 5.41) is 8.61. The molecule has 7 heteroatoms. The van der Waals surface area contributed by atoms with Crippen molar-refractivity contribution >= 4 is 0 Å². The van der Waals surface area contributed by atoms with E-state index in [4.69, 9.17) is 15.0 Å². The van der Waals surface area contributed by atoms with Crippen molar-refractivity contribution in [2.75, 3.05) is 13.2 Å². The SMILES string of the molecule is Cc1cc(C)n(-c2ccc(Cc3noc([C@H]4OCC[C@H]4CN)n3)cc2)n1. The number of hydrogen-bond acceptors (Lipinski definition) is 6. The molecule has 1 aliphatic rings. The standard InChI is InChI=1S/C19H23N5O2/c1-12-9-13(2)24(22-12)16-5-3-14(4-6-16)10-17-21-19(26-23-17)18-15(11-20)7-8-25-18/h3-6,9,15,18H,7-8,10-11,20H2,1-2H3/t15-,18-/m0/s1. The molecular formula is C19H23N5O2. The second kappa shape index (κ2) is 7.01. The molecule has 7 nitrogen and oxygen atoms in total. The van der Waals surface area contributed by atoms with Crippen LogP contribution in [0.4, 0.5) is 0 Å². The number of benzene rings is 1. The van der Waals surface area contributed by atoms with E-state index < -0.39 is 0 Å². The van der Waals surface area contributed by atoms with Gasteiger partial charge in [0.25, 0.3) is 5.89 Å². The largest absolute Gasteiger partial charge is 0.368 e. The molecule has 26 heavy (non-hydrogen) atoms. The molecule has 0 saturated carbocycles. The van der Waals surface area contributed by atoms with Gasteiger partial charge in [0.05, 0.1) is 11.4 Å². The van der Waals surface area contributed by atoms with E-state index in [1.807, 2.05) is 11.6 Å². The molecule has 136 valence electrons. The number of hydrogen-bond donors (Lipinski definition) is 1. The Morgan fingerprint density at radius 2 is 2.04 bits per heavy atom. The van der Waals surface area contributed by atoms with Crippen LogP contribution in [0.5, 0.6) is 0 Å². The van der Waals surface area contributed by atoms with Gasteiger partial charge >= 0.3 is 0 Å². The first-order valence-corrected chi connectivity index (χ1v) is 8.91. The van der Waals surface area contributed by atoms with Crippen molar-refractivity contribution in [1.29, 1.82) is 0 Å². The molecule has 2 N–H and O–H groups in total. The first kappa shape index (κ1) is 16.9. The van der Waals surface area contributed by atoms with E-state index in [0.717, 1.165) is 29.1 Å². The highest BCUT2D eigenvalue weighted by atomic mass is 16.5. The highest BCUT2D eigenvalue weighted by molar-refractivity contribution is 5.36. The Morgan fingerprint density at radius 1 is 1.23 bits per heavy atom. The van der Waals surface area contributed by atoms with Gasteiger partial charge < -0.3 is 15.0 Å². The maximum absolute atomic E-state index is 5.79. The van der Waals surface area contributed by atoms with E-state index in [2.05, 4.69) is 52.5 Å². The van der Waals surface area contributed by atoms with E-state index >= 15 is 0 Å². The quantitative estimate of drug-likeness (QED) is 0.758. The highest BCUT2D eigenvalue weighted by Gasteiger charge is 2.33. The summed E-state index contributed by atoms with van der Waals surface area (Å²) in [6.45, 7) is 5.30. The van der Waals surface area contributed by atoms with Crippen LogP contribution in [0.25, 0.3) is 5.69 Å². The summed E-state index contributed by atoms with van der Waals surface area (Å²) < 4.78 is 13.0. The Morgan fingerprint density at radius 3 is 2.73 bits per heavy atom. The molecule has 0 spiro atoms. The van der Waals surface area contributed by atoms with E-state index in [-0.39, 0.29) is 12.0 Å². The fourth-order valence-corrected chi connectivity index (χ4v) is 3.43. The average Bonchev–Trinajstić information content (AvgIpc) is 3.35. The van der Waals surface area contributed by atoms with Crippen LogP contribution in [-0.4, -0.2) is 33.1 Å². The van der Waals surface area contributed by atoms with Crippen molar-refractivity contribution in [3.8, 4) is 5.69 Å². The van der Waals surface area contributed by atoms with Crippen LogP contribution in [-0.2, 0) is 11.2 Å². The van der Waals surface area contributed by atoms with Crippen molar-refractivity contribution in [2.45, 2.75) is 32.8 Å². The van der Waals surface area contributed by atoms with E-state index in [1.165, 1.54) is 0 Å². The summed E-state index contributed by atoms with van der Waals surface area (Å²) in [6, 6.07) is 10.3. The average molecular weight is 353 g/mol. The normalized spacial score (nSPS) is 20.0. The van der Waals surface area contributed by atoms with Crippen LogP contribution < -0.4 is 5.73 Å². The number of nitrogens with two attached hydrogens (primary N) is 1. The second-order valence-electron chi connectivity index (χ2n) is 6.81. The van der Waals surface area contributed by atoms with E-state index in [1.54, 1.807) is 0 Å². The van der Waals surface area contributed by atoms with Crippen LogP contribution in [0.3, 0.4) is 0 Å². The van der Waals surface area contributed by atoms with Gasteiger partial charge in [0, 0.05) is 24.6 Å². The molecule has 2 aromatic heterocycles. The van der Waals surface area contributed by atoms with Crippen LogP contribution >= 0.6 is 0 Å². The van der Waals surface area contributed by atoms with Crippen molar-refractivity contribution in [2.24, 2.45) is 11.7 Å². The lowest BCUT2D eigenvalue weighted by molar-refractivity contribution is 0.0642. The molecule has 2 atom stereocenters. The Kier molecular flexibility index (Phi) is 4.57. The molecule has 3 aromatic rings. The molecule has 4 rings (SSSR count). The minimum absolute atomic E-state index is 0.172. The van der Waals surface area contributed by atoms with Crippen LogP contribution in [0, 0.1) is 19.8 Å². The van der Waals surface area contributed by atoms with Crippen LogP contribution in [0.1, 0.15) is 41.2 Å². The van der Waals surface area contributed by atoms with Gasteiger partial charge in [0.1, 0.15) is 6.10 Å². The van der Waals surface area contributed by atoms with Crippen molar-refractivity contribution in [3.05, 3.63) is 59.0 Å². The monoisotopic (exact) mass is 353 g/mol. The minimum Gasteiger partial charge on any atom is -0.368 e. The number of aryl methyl sites for hydroxylation is 2. The van der Waals surface area contributed by atoms with E-state index in [0.29, 0.717) is 31.3 Å². The Bertz CT molecular complexity index is 884. The first-order chi connectivity index (χ1) is 12.6. The number of aromatic nitrogens is 4. The summed E-state index contributed by atoms with van der Waals surface area (Å²) in [5.41, 5.74) is 10.1. The number of rotatable bonds is 5. The van der Waals surface area contributed by atoms with Crippen molar-refractivity contribution < 1.29 is 9.26 Å². The Hall–Kier alpha value is -2.51. The molecule has 0 aliphatic carbocycles. The molecule has 1 aliphatic heterocycles. The topological polar surface area (TPSA) is 92.0 Å². The van der Waals surface area contributed by atoms with Gasteiger partial charge in [-0.05, 0) is 50.6 Å². The zero-order chi connectivity index (χ0) is 18.1. The third-order valence-electron chi connectivity index (χ3n) is 4.80. The minimum atomic E-state index is -0.172. The fraction of sp³-hybridized carbons (Fsp3) is 0.421. The van der Waals surface area contributed by atoms with E-state index in [9.17, 15) is 0 Å². The highest BCUT2D eigenvalue weighted by Crippen LogP contribution is 2.32. The van der Waals surface area contributed by atoms with Crippen molar-refractivity contribution in [1.82, 2.24) is 19.9 Å². The maximum atomic E-state index is 5.79. The van der Waals surface area contributed by atoms with Gasteiger partial charge in [-0.25, -0.2) is 4.68 Å². The lowest BCUT2D eigenvalue weighted by atomic mass is 10.0. The van der Waals surface area contributed by atoms with Gasteiger partial charge in [-0.1, -0.05) is 17.3 Å². The number of nitrogens with zero attached hydrogens (tertiary/aromatic N) is 4. The first-order valence-electron chi connectivity index (χ1n) is 8.91. The fourth-order valence-electron chi connectivity index (χ4n) is 3.43. The van der Waals surface area contributed by atoms with Gasteiger partial charge in [0.2, 0.25) is 0 Å². The molecule has 1 aromatic carbocycles. The summed E-state index contributed by atoms with van der Waals surface area (Å²) >= 11 is 0. The molecule has 3 heterocycles. The van der Waals surface area contributed by atoms with Crippen LogP contribution in [0.2, 0.25) is 0 Å². The number of ether oxygens (including phenoxy) is 1. The van der Waals surface area contributed by atoms with Gasteiger partial charge in [0.15, 0.2) is 5.82 Å². The second-order valence-corrected chi connectivity index (χ2v) is 6.81. The molecule has 0 bridgehead atoms. The van der Waals surface area contributed by atoms with Gasteiger partial charge in [-0.15, -0.1) is 0 Å². The lowest BCUT2D eigenvalue weighted by Crippen LogP contribution is -2.18. The van der Waals surface area contributed by atoms with Crippen LogP contribution in [0.15, 0.2) is 34.9 Å². The Balaban J connectivity index is 1.47. The third-order valence-corrected chi connectivity index (χ3v) is 4.80. The molecular weight excluding hydrogens is 330 g/mol. The van der Waals surface area contributed by atoms with Gasteiger partial charge in [-0.3, -0.25) is 0 Å². The predicted molar refractivity (Wildman–Crippen MR) is 96.0 cm³/mol. The van der Waals surface area contributed by atoms with Gasteiger partial charge in [-0.2, -0.15) is 10.1 Å². The predicted octanol–water partition coefficient (Wildman–Crippen LogP) is 2.50. The molecule has 1 saturated heterocycles. The lowest BCUT2D eigenvalue weighted by Gasteiger charge is -2.11. The zero-order valence-corrected chi connectivity index (χ0v) is 15.1. The maximum Gasteiger partial charge on any atom is 0.256 e.